The normalized spacial score (nSPS) is 20.9. The standard InChI is InChI=1S/C24H38O/c1-3-5-8-20-25-24-18-16-23(17-19-24)11-7-6-10-22-14-12-21(9-4-2)13-15-22/h6,10,16-19,21-22H,3-5,7-9,11-15,20H2,1-2H3/b10-6+. The van der Waals surface area contributed by atoms with Gasteiger partial charge in [0.05, 0.1) is 6.61 Å². The molecule has 1 fully saturated rings. The molecule has 1 aliphatic carbocycles. The van der Waals surface area contributed by atoms with Gasteiger partial charge in [0.1, 0.15) is 5.75 Å². The van der Waals surface area contributed by atoms with Crippen LogP contribution in [0.2, 0.25) is 0 Å². The minimum Gasteiger partial charge on any atom is -0.494 e. The lowest BCUT2D eigenvalue weighted by Gasteiger charge is -2.26. The molecule has 0 aliphatic heterocycles. The zero-order valence-electron chi connectivity index (χ0n) is 16.5. The van der Waals surface area contributed by atoms with Gasteiger partial charge in [0.15, 0.2) is 0 Å². The molecule has 1 heteroatoms. The molecular weight excluding hydrogens is 304 g/mol. The van der Waals surface area contributed by atoms with Crippen molar-refractivity contribution < 1.29 is 4.74 Å². The fourth-order valence-electron chi connectivity index (χ4n) is 3.91. The fraction of sp³-hybridized carbons (Fsp3) is 0.667. The second-order valence-corrected chi connectivity index (χ2v) is 7.74. The first-order valence-corrected chi connectivity index (χ1v) is 10.7. The summed E-state index contributed by atoms with van der Waals surface area (Å²) in [6.45, 7) is 5.38. The minimum atomic E-state index is 0.840. The predicted octanol–water partition coefficient (Wildman–Crippen LogP) is 7.35. The van der Waals surface area contributed by atoms with Crippen LogP contribution in [0.5, 0.6) is 5.75 Å². The Balaban J connectivity index is 1.61. The Labute approximate surface area is 155 Å². The van der Waals surface area contributed by atoms with Crippen molar-refractivity contribution in [3.8, 4) is 5.75 Å². The van der Waals surface area contributed by atoms with Crippen molar-refractivity contribution in [1.29, 1.82) is 0 Å². The van der Waals surface area contributed by atoms with Gasteiger partial charge in [-0.1, -0.05) is 63.8 Å². The maximum absolute atomic E-state index is 5.78. The topological polar surface area (TPSA) is 9.23 Å². The second-order valence-electron chi connectivity index (χ2n) is 7.74. The van der Waals surface area contributed by atoms with Gasteiger partial charge in [0.2, 0.25) is 0 Å². The van der Waals surface area contributed by atoms with E-state index in [0.717, 1.165) is 43.5 Å². The third kappa shape index (κ3) is 8.12. The summed E-state index contributed by atoms with van der Waals surface area (Å²) in [6.07, 6.45) is 19.4. The second kappa shape index (κ2) is 12.2. The summed E-state index contributed by atoms with van der Waals surface area (Å²) in [5, 5.41) is 0. The maximum Gasteiger partial charge on any atom is 0.119 e. The van der Waals surface area contributed by atoms with Crippen molar-refractivity contribution in [2.75, 3.05) is 6.61 Å². The number of aryl methyl sites for hydroxylation is 1. The number of hydrogen-bond acceptors (Lipinski definition) is 1. The smallest absolute Gasteiger partial charge is 0.119 e. The Morgan fingerprint density at radius 1 is 0.960 bits per heavy atom. The first-order chi connectivity index (χ1) is 12.3. The zero-order valence-corrected chi connectivity index (χ0v) is 16.5. The zero-order chi connectivity index (χ0) is 17.7. The summed E-state index contributed by atoms with van der Waals surface area (Å²) in [5.41, 5.74) is 1.41. The minimum absolute atomic E-state index is 0.840. The lowest BCUT2D eigenvalue weighted by molar-refractivity contribution is 0.294. The monoisotopic (exact) mass is 342 g/mol. The highest BCUT2D eigenvalue weighted by molar-refractivity contribution is 5.27. The summed E-state index contributed by atoms with van der Waals surface area (Å²) < 4.78 is 5.78. The highest BCUT2D eigenvalue weighted by Gasteiger charge is 2.18. The van der Waals surface area contributed by atoms with Gasteiger partial charge in [-0.2, -0.15) is 0 Å². The molecule has 0 amide bonds. The van der Waals surface area contributed by atoms with Crippen molar-refractivity contribution in [1.82, 2.24) is 0 Å². The molecule has 0 radical (unpaired) electrons. The molecule has 0 heterocycles. The molecule has 1 nitrogen and oxygen atoms in total. The molecule has 140 valence electrons. The first-order valence-electron chi connectivity index (χ1n) is 10.7. The summed E-state index contributed by atoms with van der Waals surface area (Å²) in [5.74, 6) is 2.86. The summed E-state index contributed by atoms with van der Waals surface area (Å²) in [6, 6.07) is 8.69. The molecule has 1 saturated carbocycles. The largest absolute Gasteiger partial charge is 0.494 e. The van der Waals surface area contributed by atoms with Gasteiger partial charge in [-0.3, -0.25) is 0 Å². The molecule has 1 aromatic carbocycles. The Hall–Kier alpha value is -1.24. The van der Waals surface area contributed by atoms with Crippen LogP contribution in [0.3, 0.4) is 0 Å². The van der Waals surface area contributed by atoms with Gasteiger partial charge in [-0.15, -0.1) is 0 Å². The third-order valence-corrected chi connectivity index (χ3v) is 5.54. The number of unbranched alkanes of at least 4 members (excludes halogenated alkanes) is 2. The van der Waals surface area contributed by atoms with E-state index < -0.39 is 0 Å². The first kappa shape index (κ1) is 20.1. The van der Waals surface area contributed by atoms with Crippen LogP contribution in [0.15, 0.2) is 36.4 Å². The highest BCUT2D eigenvalue weighted by Crippen LogP contribution is 2.32. The van der Waals surface area contributed by atoms with E-state index >= 15 is 0 Å². The lowest BCUT2D eigenvalue weighted by Crippen LogP contribution is -2.12. The predicted molar refractivity (Wildman–Crippen MR) is 109 cm³/mol. The van der Waals surface area contributed by atoms with Crippen LogP contribution in [-0.4, -0.2) is 6.61 Å². The molecule has 0 bridgehead atoms. The number of ether oxygens (including phenoxy) is 1. The van der Waals surface area contributed by atoms with E-state index in [1.54, 1.807) is 0 Å². The Morgan fingerprint density at radius 3 is 2.40 bits per heavy atom. The molecule has 0 unspecified atom stereocenters. The van der Waals surface area contributed by atoms with Crippen molar-refractivity contribution in [2.24, 2.45) is 11.8 Å². The van der Waals surface area contributed by atoms with Gasteiger partial charge in [0.25, 0.3) is 0 Å². The van der Waals surface area contributed by atoms with Crippen molar-refractivity contribution >= 4 is 0 Å². The van der Waals surface area contributed by atoms with E-state index in [-0.39, 0.29) is 0 Å². The van der Waals surface area contributed by atoms with E-state index in [0.29, 0.717) is 0 Å². The van der Waals surface area contributed by atoms with E-state index in [2.05, 4.69) is 50.3 Å². The van der Waals surface area contributed by atoms with Gasteiger partial charge in [0, 0.05) is 0 Å². The molecule has 1 aromatic rings. The molecule has 0 saturated heterocycles. The van der Waals surface area contributed by atoms with E-state index in [1.807, 2.05) is 0 Å². The van der Waals surface area contributed by atoms with E-state index in [4.69, 9.17) is 4.74 Å². The third-order valence-electron chi connectivity index (χ3n) is 5.54. The Kier molecular flexibility index (Phi) is 9.77. The maximum atomic E-state index is 5.78. The van der Waals surface area contributed by atoms with Crippen LogP contribution in [0.25, 0.3) is 0 Å². The molecule has 0 atom stereocenters. The van der Waals surface area contributed by atoms with Gasteiger partial charge < -0.3 is 4.74 Å². The molecular formula is C24H38O. The van der Waals surface area contributed by atoms with Crippen LogP contribution in [-0.2, 0) is 6.42 Å². The van der Waals surface area contributed by atoms with Crippen molar-refractivity contribution in [3.63, 3.8) is 0 Å². The quantitative estimate of drug-likeness (QED) is 0.302. The molecule has 1 aliphatic rings. The summed E-state index contributed by atoms with van der Waals surface area (Å²) in [4.78, 5) is 0. The average molecular weight is 343 g/mol. The van der Waals surface area contributed by atoms with E-state index in [9.17, 15) is 0 Å². The van der Waals surface area contributed by atoms with Crippen LogP contribution in [0.4, 0.5) is 0 Å². The SMILES string of the molecule is CCCCCOc1ccc(CC/C=C/C2CCC(CCC)CC2)cc1. The summed E-state index contributed by atoms with van der Waals surface area (Å²) in [7, 11) is 0. The van der Waals surface area contributed by atoms with Crippen molar-refractivity contribution in [2.45, 2.75) is 84.5 Å². The number of allylic oxidation sites excluding steroid dienone is 2. The van der Waals surface area contributed by atoms with Crippen LogP contribution >= 0.6 is 0 Å². The number of hydrogen-bond donors (Lipinski definition) is 0. The summed E-state index contributed by atoms with van der Waals surface area (Å²) >= 11 is 0. The molecule has 2 rings (SSSR count). The average Bonchev–Trinajstić information content (AvgIpc) is 2.65. The van der Waals surface area contributed by atoms with Crippen LogP contribution in [0.1, 0.15) is 83.6 Å². The van der Waals surface area contributed by atoms with E-state index in [1.165, 1.54) is 56.9 Å². The Morgan fingerprint density at radius 2 is 1.72 bits per heavy atom. The number of benzene rings is 1. The fourth-order valence-corrected chi connectivity index (χ4v) is 3.91. The van der Waals surface area contributed by atoms with Crippen LogP contribution < -0.4 is 4.74 Å². The molecule has 25 heavy (non-hydrogen) atoms. The molecule has 0 spiro atoms. The lowest BCUT2D eigenvalue weighted by atomic mass is 9.80. The number of rotatable bonds is 11. The molecule has 0 aromatic heterocycles. The Bertz CT molecular complexity index is 465. The highest BCUT2D eigenvalue weighted by atomic mass is 16.5. The van der Waals surface area contributed by atoms with Gasteiger partial charge >= 0.3 is 0 Å². The van der Waals surface area contributed by atoms with Gasteiger partial charge in [-0.05, 0) is 74.5 Å². The van der Waals surface area contributed by atoms with Crippen molar-refractivity contribution in [3.05, 3.63) is 42.0 Å². The van der Waals surface area contributed by atoms with Gasteiger partial charge in [-0.25, -0.2) is 0 Å². The molecule has 0 N–H and O–H groups in total. The van der Waals surface area contributed by atoms with Crippen LogP contribution in [0, 0.1) is 11.8 Å².